The van der Waals surface area contributed by atoms with Crippen molar-refractivity contribution in [3.63, 3.8) is 0 Å². The van der Waals surface area contributed by atoms with Gasteiger partial charge in [0.2, 0.25) is 11.8 Å². The van der Waals surface area contributed by atoms with Crippen molar-refractivity contribution in [3.05, 3.63) is 0 Å². The summed E-state index contributed by atoms with van der Waals surface area (Å²) in [6.07, 6.45) is 0.204. The first-order valence-electron chi connectivity index (χ1n) is 5.36. The van der Waals surface area contributed by atoms with Gasteiger partial charge < -0.3 is 16.4 Å². The highest BCUT2D eigenvalue weighted by Crippen LogP contribution is 2.06. The summed E-state index contributed by atoms with van der Waals surface area (Å²) < 4.78 is 0. The zero-order valence-electron chi connectivity index (χ0n) is 10.8. The molecule has 0 fully saturated rings. The molecule has 5 nitrogen and oxygen atoms in total. The average molecular weight is 229 g/mol. The Labute approximate surface area is 97.2 Å². The van der Waals surface area contributed by atoms with Crippen LogP contribution in [-0.2, 0) is 9.59 Å². The molecule has 16 heavy (non-hydrogen) atoms. The van der Waals surface area contributed by atoms with Crippen molar-refractivity contribution < 1.29 is 9.59 Å². The molecule has 0 aliphatic heterocycles. The number of rotatable bonds is 5. The SMILES string of the molecule is CC(C)(C)NC(=O)CNC(C)(C)CC(N)=O. The molecule has 0 bridgehead atoms. The van der Waals surface area contributed by atoms with Crippen LogP contribution in [0.1, 0.15) is 41.0 Å². The first-order valence-corrected chi connectivity index (χ1v) is 5.36. The van der Waals surface area contributed by atoms with Crippen LogP contribution in [0.15, 0.2) is 0 Å². The zero-order valence-corrected chi connectivity index (χ0v) is 10.8. The molecule has 0 saturated carbocycles. The lowest BCUT2D eigenvalue weighted by Gasteiger charge is -2.26. The monoisotopic (exact) mass is 229 g/mol. The van der Waals surface area contributed by atoms with E-state index in [0.29, 0.717) is 0 Å². The van der Waals surface area contributed by atoms with E-state index in [-0.39, 0.29) is 30.3 Å². The fourth-order valence-corrected chi connectivity index (χ4v) is 1.28. The third-order valence-corrected chi connectivity index (χ3v) is 1.86. The first kappa shape index (κ1) is 14.9. The normalized spacial score (nSPS) is 12.3. The Bertz CT molecular complexity index is 267. The standard InChI is InChI=1S/C11H23N3O2/c1-10(2,3)14-9(16)7-13-11(4,5)6-8(12)15/h13H,6-7H2,1-5H3,(H2,12,15)(H,14,16). The Hall–Kier alpha value is -1.10. The van der Waals surface area contributed by atoms with Crippen molar-refractivity contribution in [2.45, 2.75) is 52.1 Å². The lowest BCUT2D eigenvalue weighted by Crippen LogP contribution is -2.50. The van der Waals surface area contributed by atoms with Gasteiger partial charge in [-0.25, -0.2) is 0 Å². The van der Waals surface area contributed by atoms with Crippen LogP contribution in [0, 0.1) is 0 Å². The Balaban J connectivity index is 4.05. The number of hydrogen-bond acceptors (Lipinski definition) is 3. The van der Waals surface area contributed by atoms with E-state index in [2.05, 4.69) is 10.6 Å². The van der Waals surface area contributed by atoms with Crippen molar-refractivity contribution in [1.82, 2.24) is 10.6 Å². The summed E-state index contributed by atoms with van der Waals surface area (Å²) in [5.74, 6) is -0.473. The van der Waals surface area contributed by atoms with Crippen LogP contribution in [0.25, 0.3) is 0 Å². The first-order chi connectivity index (χ1) is 7.02. The van der Waals surface area contributed by atoms with E-state index in [1.165, 1.54) is 0 Å². The van der Waals surface area contributed by atoms with Gasteiger partial charge in [-0.05, 0) is 34.6 Å². The fraction of sp³-hybridized carbons (Fsp3) is 0.818. The lowest BCUT2D eigenvalue weighted by atomic mass is 10.0. The maximum atomic E-state index is 11.5. The van der Waals surface area contributed by atoms with Gasteiger partial charge in [-0.1, -0.05) is 0 Å². The maximum Gasteiger partial charge on any atom is 0.234 e. The Morgan fingerprint density at radius 2 is 1.62 bits per heavy atom. The molecule has 0 heterocycles. The second-order valence-corrected chi connectivity index (χ2v) is 5.68. The minimum absolute atomic E-state index is 0.0926. The molecule has 0 aromatic carbocycles. The Morgan fingerprint density at radius 1 is 1.12 bits per heavy atom. The van der Waals surface area contributed by atoms with E-state index >= 15 is 0 Å². The van der Waals surface area contributed by atoms with Gasteiger partial charge in [-0.3, -0.25) is 9.59 Å². The second-order valence-electron chi connectivity index (χ2n) is 5.68. The topological polar surface area (TPSA) is 84.2 Å². The maximum absolute atomic E-state index is 11.5. The third-order valence-electron chi connectivity index (χ3n) is 1.86. The van der Waals surface area contributed by atoms with Crippen molar-refractivity contribution in [3.8, 4) is 0 Å². The van der Waals surface area contributed by atoms with Gasteiger partial charge in [-0.2, -0.15) is 0 Å². The number of hydrogen-bond donors (Lipinski definition) is 3. The van der Waals surface area contributed by atoms with E-state index < -0.39 is 5.54 Å². The highest BCUT2D eigenvalue weighted by Gasteiger charge is 2.22. The van der Waals surface area contributed by atoms with E-state index in [1.54, 1.807) is 0 Å². The molecule has 5 heteroatoms. The molecule has 0 atom stereocenters. The van der Waals surface area contributed by atoms with Gasteiger partial charge >= 0.3 is 0 Å². The van der Waals surface area contributed by atoms with Gasteiger partial charge in [0, 0.05) is 17.5 Å². The highest BCUT2D eigenvalue weighted by molar-refractivity contribution is 5.79. The predicted molar refractivity (Wildman–Crippen MR) is 63.8 cm³/mol. The molecule has 0 radical (unpaired) electrons. The molecule has 0 unspecified atom stereocenters. The summed E-state index contributed by atoms with van der Waals surface area (Å²) >= 11 is 0. The summed E-state index contributed by atoms with van der Waals surface area (Å²) in [6.45, 7) is 9.60. The molecular formula is C11H23N3O2. The number of primary amides is 1. The van der Waals surface area contributed by atoms with Gasteiger partial charge in [0.1, 0.15) is 0 Å². The summed E-state index contributed by atoms with van der Waals surface area (Å²) in [5, 5.41) is 5.83. The third kappa shape index (κ3) is 8.23. The smallest absolute Gasteiger partial charge is 0.234 e. The van der Waals surface area contributed by atoms with Crippen LogP contribution in [0.4, 0.5) is 0 Å². The molecule has 0 aromatic heterocycles. The molecule has 0 aliphatic rings. The Morgan fingerprint density at radius 3 is 2.00 bits per heavy atom. The quantitative estimate of drug-likeness (QED) is 0.627. The summed E-state index contributed by atoms with van der Waals surface area (Å²) in [6, 6.07) is 0. The van der Waals surface area contributed by atoms with Crippen LogP contribution >= 0.6 is 0 Å². The van der Waals surface area contributed by atoms with E-state index in [0.717, 1.165) is 0 Å². The van der Waals surface area contributed by atoms with Crippen LogP contribution in [0.5, 0.6) is 0 Å². The van der Waals surface area contributed by atoms with Crippen LogP contribution in [-0.4, -0.2) is 29.4 Å². The second kappa shape index (κ2) is 5.30. The summed E-state index contributed by atoms with van der Waals surface area (Å²) in [5.41, 5.74) is 4.41. The van der Waals surface area contributed by atoms with Gasteiger partial charge in [0.15, 0.2) is 0 Å². The van der Waals surface area contributed by atoms with E-state index in [9.17, 15) is 9.59 Å². The number of amides is 2. The van der Waals surface area contributed by atoms with Gasteiger partial charge in [0.25, 0.3) is 0 Å². The van der Waals surface area contributed by atoms with Crippen molar-refractivity contribution in [2.24, 2.45) is 5.73 Å². The van der Waals surface area contributed by atoms with Crippen molar-refractivity contribution in [2.75, 3.05) is 6.54 Å². The molecule has 0 spiro atoms. The van der Waals surface area contributed by atoms with Crippen molar-refractivity contribution in [1.29, 1.82) is 0 Å². The van der Waals surface area contributed by atoms with Crippen LogP contribution in [0.2, 0.25) is 0 Å². The predicted octanol–water partition coefficient (Wildman–Crippen LogP) is 0.145. The molecule has 0 aromatic rings. The fourth-order valence-electron chi connectivity index (χ4n) is 1.28. The molecule has 2 amide bonds. The van der Waals surface area contributed by atoms with Gasteiger partial charge in [0.05, 0.1) is 6.54 Å². The highest BCUT2D eigenvalue weighted by atomic mass is 16.2. The van der Waals surface area contributed by atoms with E-state index in [1.807, 2.05) is 34.6 Å². The number of nitrogens with two attached hydrogens (primary N) is 1. The van der Waals surface area contributed by atoms with Gasteiger partial charge in [-0.15, -0.1) is 0 Å². The molecule has 0 rings (SSSR count). The lowest BCUT2D eigenvalue weighted by molar-refractivity contribution is -0.123. The minimum atomic E-state index is -0.457. The van der Waals surface area contributed by atoms with Crippen molar-refractivity contribution >= 4 is 11.8 Å². The summed E-state index contributed by atoms with van der Waals surface area (Å²) in [4.78, 5) is 22.3. The van der Waals surface area contributed by atoms with E-state index in [4.69, 9.17) is 5.73 Å². The number of carbonyl (C=O) groups is 2. The molecule has 94 valence electrons. The average Bonchev–Trinajstić information content (AvgIpc) is 1.95. The van der Waals surface area contributed by atoms with Crippen LogP contribution in [0.3, 0.4) is 0 Å². The molecular weight excluding hydrogens is 206 g/mol. The Kier molecular flexibility index (Phi) is 4.93. The minimum Gasteiger partial charge on any atom is -0.370 e. The molecule has 4 N–H and O–H groups in total. The zero-order chi connectivity index (χ0) is 13.0. The molecule has 0 aliphatic carbocycles. The summed E-state index contributed by atoms with van der Waals surface area (Å²) in [7, 11) is 0. The van der Waals surface area contributed by atoms with Crippen LogP contribution < -0.4 is 16.4 Å². The largest absolute Gasteiger partial charge is 0.370 e. The number of nitrogens with one attached hydrogen (secondary N) is 2. The number of carbonyl (C=O) groups excluding carboxylic acids is 2. The molecule has 0 saturated heterocycles.